The van der Waals surface area contributed by atoms with Crippen LogP contribution in [-0.4, -0.2) is 102 Å². The highest BCUT2D eigenvalue weighted by molar-refractivity contribution is 7.92. The van der Waals surface area contributed by atoms with Gasteiger partial charge in [-0.1, -0.05) is 0 Å². The van der Waals surface area contributed by atoms with Crippen molar-refractivity contribution in [2.45, 2.75) is 12.2 Å². The largest absolute Gasteiger partial charge is 0.508 e. The molecule has 1 rings (SSSR count). The van der Waals surface area contributed by atoms with Crippen LogP contribution in [-0.2, 0) is 66.7 Å². The maximum atomic E-state index is 12.3. The van der Waals surface area contributed by atoms with Gasteiger partial charge in [-0.25, -0.2) is 34.2 Å². The predicted octanol–water partition coefficient (Wildman–Crippen LogP) is -2.46. The van der Waals surface area contributed by atoms with Crippen LogP contribution in [0.25, 0.3) is 0 Å². The molecule has 0 radical (unpaired) electrons. The van der Waals surface area contributed by atoms with Crippen molar-refractivity contribution in [3.63, 3.8) is 0 Å². The van der Waals surface area contributed by atoms with E-state index in [1.54, 1.807) is 0 Å². The van der Waals surface area contributed by atoms with E-state index in [4.69, 9.17) is 0 Å². The summed E-state index contributed by atoms with van der Waals surface area (Å²) in [4.78, 5) is 11.3. The second-order valence-corrected chi connectivity index (χ2v) is 12.7. The zero-order valence-corrected chi connectivity index (χ0v) is 18.9. The lowest BCUT2D eigenvalue weighted by atomic mass is 10.4. The van der Waals surface area contributed by atoms with Crippen LogP contribution in [0.1, 0.15) is 0 Å². The number of carbonyl (C=O) groups is 1. The third kappa shape index (κ3) is 10.3. The number of rotatable bonds is 12. The molecule has 0 N–H and O–H groups in total. The van der Waals surface area contributed by atoms with Crippen LogP contribution < -0.4 is 0 Å². The second-order valence-electron chi connectivity index (χ2n) is 5.69. The molecule has 15 nitrogen and oxygen atoms in total. The first-order valence-electron chi connectivity index (χ1n) is 7.77. The van der Waals surface area contributed by atoms with E-state index in [0.29, 0.717) is 0 Å². The van der Waals surface area contributed by atoms with E-state index in [1.807, 2.05) is 0 Å². The number of ether oxygens (including phenoxy) is 2. The minimum Gasteiger partial charge on any atom is -0.438 e. The molecule has 0 bridgehead atoms. The van der Waals surface area contributed by atoms with Gasteiger partial charge in [0.1, 0.15) is 12.2 Å². The molecule has 0 aliphatic carbocycles. The Morgan fingerprint density at radius 3 is 2.17 bits per heavy atom. The van der Waals surface area contributed by atoms with Gasteiger partial charge in [0.2, 0.25) is 0 Å². The normalized spacial score (nSPS) is 20.5. The zero-order chi connectivity index (χ0) is 23.2. The lowest BCUT2D eigenvalue weighted by Crippen LogP contribution is -2.37. The maximum absolute atomic E-state index is 12.3. The Labute approximate surface area is 174 Å². The average molecular weight is 521 g/mol. The van der Waals surface area contributed by atoms with Gasteiger partial charge in [0.15, 0.2) is 19.7 Å². The van der Waals surface area contributed by atoms with Gasteiger partial charge in [0.25, 0.3) is 0 Å². The number of hydrogen-bond acceptors (Lipinski definition) is 15. The van der Waals surface area contributed by atoms with Crippen molar-refractivity contribution >= 4 is 46.6 Å². The smallest absolute Gasteiger partial charge is 0.438 e. The average Bonchev–Trinajstić information content (AvgIpc) is 2.90. The van der Waals surface area contributed by atoms with Crippen molar-refractivity contribution in [2.24, 2.45) is 0 Å². The van der Waals surface area contributed by atoms with Gasteiger partial charge in [-0.15, -0.1) is 0 Å². The molecule has 0 spiro atoms. The minimum atomic E-state index is -4.39. The second kappa shape index (κ2) is 10.5. The van der Waals surface area contributed by atoms with Gasteiger partial charge in [0, 0.05) is 0 Å². The SMILES string of the molecule is COC(=O)OC(CS(=O)(=O)CCOS(=O)(=O)OC)CS(=O)(=O)CC1COS(=O)(=O)O1. The molecular weight excluding hydrogens is 500 g/mol. The van der Waals surface area contributed by atoms with Gasteiger partial charge in [-0.2, -0.15) is 16.8 Å². The van der Waals surface area contributed by atoms with E-state index in [2.05, 4.69) is 26.2 Å². The zero-order valence-electron chi connectivity index (χ0n) is 15.7. The van der Waals surface area contributed by atoms with E-state index < -0.39 is 95.1 Å². The Kier molecular flexibility index (Phi) is 9.41. The molecule has 178 valence electrons. The number of hydrogen-bond donors (Lipinski definition) is 0. The molecule has 30 heavy (non-hydrogen) atoms. The van der Waals surface area contributed by atoms with Gasteiger partial charge in [-0.3, -0.25) is 4.18 Å². The molecule has 0 aromatic heterocycles. The summed E-state index contributed by atoms with van der Waals surface area (Å²) < 4.78 is 119. The quantitative estimate of drug-likeness (QED) is 0.244. The standard InChI is InChI=1S/C11H20O15S4/c1-21-11(12)25-10(7-27(13,14)4-3-23-29(17,18)22-2)8-28(15,16)6-9-5-24-30(19,20)26-9/h9-10H,3-8H2,1-2H3. The molecule has 2 unspecified atom stereocenters. The van der Waals surface area contributed by atoms with Crippen molar-refractivity contribution in [1.82, 2.24) is 0 Å². The fraction of sp³-hybridized carbons (Fsp3) is 0.909. The molecule has 0 aromatic carbocycles. The predicted molar refractivity (Wildman–Crippen MR) is 96.2 cm³/mol. The van der Waals surface area contributed by atoms with Crippen molar-refractivity contribution < 1.29 is 64.7 Å². The molecule has 19 heteroatoms. The monoisotopic (exact) mass is 520 g/mol. The lowest BCUT2D eigenvalue weighted by Gasteiger charge is -2.18. The minimum absolute atomic E-state index is 0.562. The first kappa shape index (κ1) is 26.9. The summed E-state index contributed by atoms with van der Waals surface area (Å²) in [7, 11) is -15.4. The molecule has 0 aromatic rings. The molecule has 1 saturated heterocycles. The van der Waals surface area contributed by atoms with E-state index in [0.717, 1.165) is 14.2 Å². The van der Waals surface area contributed by atoms with Crippen LogP contribution in [0.5, 0.6) is 0 Å². The van der Waals surface area contributed by atoms with Crippen LogP contribution in [0.15, 0.2) is 0 Å². The van der Waals surface area contributed by atoms with Crippen molar-refractivity contribution in [3.05, 3.63) is 0 Å². The van der Waals surface area contributed by atoms with E-state index in [9.17, 15) is 38.5 Å². The van der Waals surface area contributed by atoms with Gasteiger partial charge < -0.3 is 9.47 Å². The summed E-state index contributed by atoms with van der Waals surface area (Å²) in [5.41, 5.74) is 0. The molecule has 0 saturated carbocycles. The molecule has 2 atom stereocenters. The molecule has 0 amide bonds. The van der Waals surface area contributed by atoms with E-state index >= 15 is 0 Å². The fourth-order valence-corrected chi connectivity index (χ4v) is 6.50. The Morgan fingerprint density at radius 1 is 1.07 bits per heavy atom. The van der Waals surface area contributed by atoms with Crippen LogP contribution in [0.2, 0.25) is 0 Å². The summed E-state index contributed by atoms with van der Waals surface area (Å²) in [5, 5.41) is 0. The number of methoxy groups -OCH3 is 1. The topological polar surface area (TPSA) is 209 Å². The third-order valence-corrected chi connectivity index (χ3v) is 8.45. The molecule has 1 aliphatic heterocycles. The van der Waals surface area contributed by atoms with Crippen LogP contribution in [0, 0.1) is 0 Å². The molecule has 1 heterocycles. The van der Waals surface area contributed by atoms with Crippen LogP contribution in [0.3, 0.4) is 0 Å². The van der Waals surface area contributed by atoms with Gasteiger partial charge >= 0.3 is 27.0 Å². The summed E-state index contributed by atoms with van der Waals surface area (Å²) in [6, 6.07) is 0. The Morgan fingerprint density at radius 2 is 1.67 bits per heavy atom. The van der Waals surface area contributed by atoms with E-state index in [1.165, 1.54) is 0 Å². The highest BCUT2D eigenvalue weighted by atomic mass is 32.3. The maximum Gasteiger partial charge on any atom is 0.508 e. The first-order valence-corrected chi connectivity index (χ1v) is 14.1. The highest BCUT2D eigenvalue weighted by Gasteiger charge is 2.36. The van der Waals surface area contributed by atoms with Crippen molar-refractivity contribution in [2.75, 3.05) is 50.4 Å². The Balaban J connectivity index is 2.81. The Bertz CT molecular complexity index is 1010. The van der Waals surface area contributed by atoms with Gasteiger partial charge in [0.05, 0.1) is 50.4 Å². The first-order chi connectivity index (χ1) is 13.6. The van der Waals surface area contributed by atoms with Crippen LogP contribution in [0.4, 0.5) is 4.79 Å². The van der Waals surface area contributed by atoms with Crippen molar-refractivity contribution in [3.8, 4) is 0 Å². The molecule has 1 aliphatic rings. The van der Waals surface area contributed by atoms with Crippen molar-refractivity contribution in [1.29, 1.82) is 0 Å². The number of sulfone groups is 2. The summed E-state index contributed by atoms with van der Waals surface area (Å²) >= 11 is 0. The van der Waals surface area contributed by atoms with Crippen LogP contribution >= 0.6 is 0 Å². The number of carbonyl (C=O) groups excluding carboxylic acids is 1. The Hall–Kier alpha value is -1.09. The molecule has 1 fully saturated rings. The fourth-order valence-electron chi connectivity index (χ4n) is 2.07. The summed E-state index contributed by atoms with van der Waals surface area (Å²) in [5.74, 6) is -3.76. The van der Waals surface area contributed by atoms with Gasteiger partial charge in [-0.05, 0) is 0 Å². The summed E-state index contributed by atoms with van der Waals surface area (Å²) in [6.07, 6.45) is -4.47. The highest BCUT2D eigenvalue weighted by Crippen LogP contribution is 2.16. The summed E-state index contributed by atoms with van der Waals surface area (Å²) in [6.45, 7) is -1.39. The third-order valence-electron chi connectivity index (χ3n) is 3.23. The lowest BCUT2D eigenvalue weighted by molar-refractivity contribution is 0.0515. The molecular formula is C11H20O15S4. The van der Waals surface area contributed by atoms with E-state index in [-0.39, 0.29) is 0 Å².